The SMILES string of the molecule is COC1CCC(NC(=O)c2ccccc2S(=O)(=O)Cc2ccccc2)CC1. The molecule has 6 heteroatoms. The lowest BCUT2D eigenvalue weighted by atomic mass is 9.93. The van der Waals surface area contributed by atoms with E-state index in [1.807, 2.05) is 6.07 Å². The van der Waals surface area contributed by atoms with E-state index in [0.717, 1.165) is 25.7 Å². The van der Waals surface area contributed by atoms with Gasteiger partial charge in [-0.3, -0.25) is 4.79 Å². The van der Waals surface area contributed by atoms with Crippen LogP contribution in [0.2, 0.25) is 0 Å². The molecule has 27 heavy (non-hydrogen) atoms. The summed E-state index contributed by atoms with van der Waals surface area (Å²) in [6.45, 7) is 0. The summed E-state index contributed by atoms with van der Waals surface area (Å²) >= 11 is 0. The number of hydrogen-bond donors (Lipinski definition) is 1. The zero-order chi connectivity index (χ0) is 19.3. The fraction of sp³-hybridized carbons (Fsp3) is 0.381. The first-order valence-corrected chi connectivity index (χ1v) is 10.8. The van der Waals surface area contributed by atoms with Gasteiger partial charge in [-0.1, -0.05) is 42.5 Å². The van der Waals surface area contributed by atoms with E-state index in [-0.39, 0.29) is 34.3 Å². The fourth-order valence-corrected chi connectivity index (χ4v) is 5.07. The highest BCUT2D eigenvalue weighted by Crippen LogP contribution is 2.23. The van der Waals surface area contributed by atoms with Gasteiger partial charge in [0, 0.05) is 13.2 Å². The lowest BCUT2D eigenvalue weighted by Crippen LogP contribution is -2.39. The summed E-state index contributed by atoms with van der Waals surface area (Å²) in [4.78, 5) is 12.9. The summed E-state index contributed by atoms with van der Waals surface area (Å²) < 4.78 is 31.2. The zero-order valence-electron chi connectivity index (χ0n) is 15.4. The normalized spacial score (nSPS) is 20.2. The Balaban J connectivity index is 1.76. The number of nitrogens with one attached hydrogen (secondary N) is 1. The maximum atomic E-state index is 12.9. The molecule has 0 aromatic heterocycles. The lowest BCUT2D eigenvalue weighted by molar-refractivity contribution is 0.0598. The first-order valence-electron chi connectivity index (χ1n) is 9.19. The molecule has 2 aromatic rings. The smallest absolute Gasteiger partial charge is 0.252 e. The molecule has 0 atom stereocenters. The summed E-state index contributed by atoms with van der Waals surface area (Å²) in [6, 6.07) is 15.5. The number of carbonyl (C=O) groups is 1. The molecule has 0 saturated heterocycles. The molecule has 1 fully saturated rings. The second-order valence-electron chi connectivity index (χ2n) is 6.92. The third-order valence-corrected chi connectivity index (χ3v) is 6.75. The monoisotopic (exact) mass is 387 g/mol. The predicted molar refractivity (Wildman–Crippen MR) is 104 cm³/mol. The summed E-state index contributed by atoms with van der Waals surface area (Å²) in [5.74, 6) is -0.458. The van der Waals surface area contributed by atoms with Gasteiger partial charge in [-0.15, -0.1) is 0 Å². The molecule has 1 amide bonds. The predicted octanol–water partition coefficient (Wildman–Crippen LogP) is 3.35. The Bertz CT molecular complexity index is 872. The molecule has 0 aliphatic heterocycles. The third kappa shape index (κ3) is 4.96. The highest BCUT2D eigenvalue weighted by molar-refractivity contribution is 7.90. The van der Waals surface area contributed by atoms with Crippen molar-refractivity contribution in [3.63, 3.8) is 0 Å². The molecule has 3 rings (SSSR count). The van der Waals surface area contributed by atoms with Crippen LogP contribution in [0.5, 0.6) is 0 Å². The fourth-order valence-electron chi connectivity index (χ4n) is 3.50. The van der Waals surface area contributed by atoms with Crippen molar-refractivity contribution in [2.24, 2.45) is 0 Å². The number of carbonyl (C=O) groups excluding carboxylic acids is 1. The van der Waals surface area contributed by atoms with E-state index in [2.05, 4.69) is 5.32 Å². The highest BCUT2D eigenvalue weighted by Gasteiger charge is 2.26. The minimum Gasteiger partial charge on any atom is -0.381 e. The van der Waals surface area contributed by atoms with Crippen LogP contribution in [0.25, 0.3) is 0 Å². The number of amides is 1. The Hall–Kier alpha value is -2.18. The van der Waals surface area contributed by atoms with Gasteiger partial charge in [0.1, 0.15) is 0 Å². The molecule has 1 saturated carbocycles. The first-order chi connectivity index (χ1) is 13.0. The minimum atomic E-state index is -3.62. The van der Waals surface area contributed by atoms with Crippen molar-refractivity contribution < 1.29 is 17.9 Å². The second-order valence-corrected chi connectivity index (χ2v) is 8.88. The molecular weight excluding hydrogens is 362 g/mol. The number of ether oxygens (including phenoxy) is 1. The van der Waals surface area contributed by atoms with Crippen LogP contribution in [0.1, 0.15) is 41.6 Å². The summed E-state index contributed by atoms with van der Waals surface area (Å²) in [5, 5.41) is 3.00. The van der Waals surface area contributed by atoms with E-state index in [9.17, 15) is 13.2 Å². The van der Waals surface area contributed by atoms with Crippen molar-refractivity contribution in [3.8, 4) is 0 Å². The molecule has 144 valence electrons. The van der Waals surface area contributed by atoms with Gasteiger partial charge in [-0.2, -0.15) is 0 Å². The van der Waals surface area contributed by atoms with Crippen LogP contribution >= 0.6 is 0 Å². The van der Waals surface area contributed by atoms with Gasteiger partial charge in [0.15, 0.2) is 9.84 Å². The van der Waals surface area contributed by atoms with Gasteiger partial charge in [0.2, 0.25) is 0 Å². The van der Waals surface area contributed by atoms with Gasteiger partial charge in [0.25, 0.3) is 5.91 Å². The molecule has 1 aliphatic rings. The topological polar surface area (TPSA) is 72.5 Å². The molecular formula is C21H25NO4S. The van der Waals surface area contributed by atoms with Gasteiger partial charge >= 0.3 is 0 Å². The quantitative estimate of drug-likeness (QED) is 0.825. The number of sulfone groups is 1. The molecule has 2 aromatic carbocycles. The average molecular weight is 388 g/mol. The number of methoxy groups -OCH3 is 1. The van der Waals surface area contributed by atoms with E-state index in [1.165, 1.54) is 6.07 Å². The standard InChI is InChI=1S/C21H25NO4S/c1-26-18-13-11-17(12-14-18)22-21(23)19-9-5-6-10-20(19)27(24,25)15-16-7-3-2-4-8-16/h2-10,17-18H,11-15H2,1H3,(H,22,23). The van der Waals surface area contributed by atoms with Gasteiger partial charge in [0.05, 0.1) is 22.3 Å². The number of rotatable bonds is 6. The Morgan fingerprint density at radius 3 is 2.30 bits per heavy atom. The van der Waals surface area contributed by atoms with Crippen molar-refractivity contribution in [2.45, 2.75) is 48.5 Å². The van der Waals surface area contributed by atoms with Crippen LogP contribution in [-0.4, -0.2) is 33.6 Å². The molecule has 0 heterocycles. The minimum absolute atomic E-state index is 0.0498. The Morgan fingerprint density at radius 1 is 1.00 bits per heavy atom. The Morgan fingerprint density at radius 2 is 1.63 bits per heavy atom. The summed E-state index contributed by atoms with van der Waals surface area (Å²) in [6.07, 6.45) is 3.72. The lowest BCUT2D eigenvalue weighted by Gasteiger charge is -2.28. The molecule has 1 N–H and O–H groups in total. The molecule has 0 radical (unpaired) electrons. The van der Waals surface area contributed by atoms with E-state index in [4.69, 9.17) is 4.74 Å². The van der Waals surface area contributed by atoms with E-state index >= 15 is 0 Å². The maximum Gasteiger partial charge on any atom is 0.252 e. The summed E-state index contributed by atoms with van der Waals surface area (Å²) in [7, 11) is -1.92. The molecule has 0 bridgehead atoms. The third-order valence-electron chi connectivity index (χ3n) is 5.01. The molecule has 0 unspecified atom stereocenters. The van der Waals surface area contributed by atoms with Crippen LogP contribution in [0.4, 0.5) is 0 Å². The van der Waals surface area contributed by atoms with E-state index < -0.39 is 9.84 Å². The Kier molecular flexibility index (Phi) is 6.29. The number of benzene rings is 2. The highest BCUT2D eigenvalue weighted by atomic mass is 32.2. The van der Waals surface area contributed by atoms with Gasteiger partial charge in [-0.05, 0) is 43.4 Å². The Labute approximate surface area is 160 Å². The molecule has 1 aliphatic carbocycles. The van der Waals surface area contributed by atoms with Crippen LogP contribution < -0.4 is 5.32 Å². The maximum absolute atomic E-state index is 12.9. The van der Waals surface area contributed by atoms with Crippen LogP contribution in [0, 0.1) is 0 Å². The first kappa shape index (κ1) is 19.6. The number of hydrogen-bond acceptors (Lipinski definition) is 4. The molecule has 5 nitrogen and oxygen atoms in total. The van der Waals surface area contributed by atoms with Crippen molar-refractivity contribution in [1.29, 1.82) is 0 Å². The largest absolute Gasteiger partial charge is 0.381 e. The second kappa shape index (κ2) is 8.67. The average Bonchev–Trinajstić information content (AvgIpc) is 2.69. The van der Waals surface area contributed by atoms with Crippen LogP contribution in [0.3, 0.4) is 0 Å². The van der Waals surface area contributed by atoms with Crippen molar-refractivity contribution in [2.75, 3.05) is 7.11 Å². The van der Waals surface area contributed by atoms with Crippen LogP contribution in [0.15, 0.2) is 59.5 Å². The molecule has 0 spiro atoms. The van der Waals surface area contributed by atoms with E-state index in [0.29, 0.717) is 5.56 Å². The van der Waals surface area contributed by atoms with Crippen molar-refractivity contribution in [3.05, 3.63) is 65.7 Å². The zero-order valence-corrected chi connectivity index (χ0v) is 16.2. The van der Waals surface area contributed by atoms with E-state index in [1.54, 1.807) is 49.6 Å². The van der Waals surface area contributed by atoms with Crippen molar-refractivity contribution >= 4 is 15.7 Å². The summed E-state index contributed by atoms with van der Waals surface area (Å²) in [5.41, 5.74) is 0.910. The van der Waals surface area contributed by atoms with Crippen LogP contribution in [-0.2, 0) is 20.3 Å². The van der Waals surface area contributed by atoms with Gasteiger partial charge in [-0.25, -0.2) is 8.42 Å². The van der Waals surface area contributed by atoms with Gasteiger partial charge < -0.3 is 10.1 Å². The van der Waals surface area contributed by atoms with Crippen molar-refractivity contribution in [1.82, 2.24) is 5.32 Å².